The van der Waals surface area contributed by atoms with Crippen LogP contribution in [-0.2, 0) is 13.0 Å². The first-order chi connectivity index (χ1) is 21.0. The molecule has 1 aliphatic heterocycles. The maximum absolute atomic E-state index is 14.2. The van der Waals surface area contributed by atoms with Gasteiger partial charge in [0.15, 0.2) is 4.80 Å². The number of ether oxygens (including phenoxy) is 2. The molecule has 43 heavy (non-hydrogen) atoms. The molecule has 0 bridgehead atoms. The molecule has 2 aliphatic rings. The fraction of sp³-hybridized carbons (Fsp3) is 0.143. The average Bonchev–Trinajstić information content (AvgIpc) is 3.33. The largest absolute Gasteiger partial charge is 0.497 e. The van der Waals surface area contributed by atoms with Crippen LogP contribution in [0.4, 0.5) is 0 Å². The highest BCUT2D eigenvalue weighted by Crippen LogP contribution is 2.41. The van der Waals surface area contributed by atoms with Crippen LogP contribution >= 0.6 is 56.5 Å². The van der Waals surface area contributed by atoms with E-state index in [1.807, 2.05) is 47.0 Å². The van der Waals surface area contributed by atoms with E-state index >= 15 is 0 Å². The van der Waals surface area contributed by atoms with Gasteiger partial charge in [-0.05, 0) is 116 Å². The summed E-state index contributed by atoms with van der Waals surface area (Å²) in [6.07, 6.45) is 3.75. The number of fused-ring (bicyclic) bond motifs is 3. The number of benzene rings is 4. The zero-order valence-electron chi connectivity index (χ0n) is 23.2. The number of aromatic nitrogens is 1. The van der Waals surface area contributed by atoms with Crippen molar-refractivity contribution in [2.45, 2.75) is 25.5 Å². The smallest absolute Gasteiger partial charge is 0.271 e. The first-order valence-corrected chi connectivity index (χ1v) is 16.9. The van der Waals surface area contributed by atoms with Crippen LogP contribution < -0.4 is 24.4 Å². The van der Waals surface area contributed by atoms with Gasteiger partial charge >= 0.3 is 0 Å². The number of hydrogen-bond acceptors (Lipinski definition) is 5. The highest BCUT2D eigenvalue weighted by molar-refractivity contribution is 14.1. The third kappa shape index (κ3) is 5.49. The van der Waals surface area contributed by atoms with E-state index in [0.29, 0.717) is 15.9 Å². The van der Waals surface area contributed by atoms with Crippen LogP contribution in [0.25, 0.3) is 11.8 Å². The van der Waals surface area contributed by atoms with Crippen molar-refractivity contribution < 1.29 is 9.47 Å². The van der Waals surface area contributed by atoms with E-state index in [1.165, 1.54) is 22.5 Å². The van der Waals surface area contributed by atoms with Gasteiger partial charge in [0, 0.05) is 5.56 Å². The van der Waals surface area contributed by atoms with Crippen molar-refractivity contribution in [1.29, 1.82) is 0 Å². The molecule has 0 unspecified atom stereocenters. The fourth-order valence-corrected chi connectivity index (χ4v) is 8.94. The Bertz CT molecular complexity index is 2060. The third-order valence-electron chi connectivity index (χ3n) is 7.83. The summed E-state index contributed by atoms with van der Waals surface area (Å²) in [4.78, 5) is 20.0. The molecule has 0 saturated carbocycles. The van der Waals surface area contributed by atoms with Crippen molar-refractivity contribution >= 4 is 68.3 Å². The van der Waals surface area contributed by atoms with Gasteiger partial charge in [0.05, 0.1) is 30.5 Å². The van der Waals surface area contributed by atoms with Gasteiger partial charge in [-0.25, -0.2) is 4.99 Å². The molecular formula is C35H26I2N2O3S. The molecule has 0 amide bonds. The van der Waals surface area contributed by atoms with E-state index in [9.17, 15) is 4.79 Å². The topological polar surface area (TPSA) is 52.8 Å². The molecule has 2 heterocycles. The molecule has 4 aromatic carbocycles. The third-order valence-corrected chi connectivity index (χ3v) is 10.4. The van der Waals surface area contributed by atoms with Crippen LogP contribution in [0.1, 0.15) is 40.3 Å². The summed E-state index contributed by atoms with van der Waals surface area (Å²) in [7, 11) is 1.67. The zero-order chi connectivity index (χ0) is 29.5. The van der Waals surface area contributed by atoms with Crippen molar-refractivity contribution in [2.24, 2.45) is 4.99 Å². The predicted octanol–water partition coefficient (Wildman–Crippen LogP) is 7.12. The Morgan fingerprint density at radius 1 is 0.953 bits per heavy atom. The molecule has 1 aromatic heterocycles. The van der Waals surface area contributed by atoms with Gasteiger partial charge in [-0.15, -0.1) is 0 Å². The maximum atomic E-state index is 14.2. The number of aryl methyl sites for hydroxylation is 1. The molecule has 5 aromatic rings. The molecule has 0 radical (unpaired) electrons. The minimum absolute atomic E-state index is 0.0311. The summed E-state index contributed by atoms with van der Waals surface area (Å²) in [5.74, 6) is 1.63. The second-order valence-electron chi connectivity index (χ2n) is 10.5. The Balaban J connectivity index is 1.33. The fourth-order valence-electron chi connectivity index (χ4n) is 5.82. The normalized spacial score (nSPS) is 15.8. The van der Waals surface area contributed by atoms with Gasteiger partial charge in [0.2, 0.25) is 0 Å². The SMILES string of the molecule is COc1cccc([C@@H]2C3=C(N=c4s/c(=C/c5cc(I)c(OCc6ccccc6)c(I)c5)c(=O)n42)c2ccccc2CC3)c1. The molecular weight excluding hydrogens is 782 g/mol. The number of methoxy groups -OCH3 is 1. The van der Waals surface area contributed by atoms with Crippen molar-refractivity contribution in [3.8, 4) is 11.5 Å². The quantitative estimate of drug-likeness (QED) is 0.172. The molecule has 214 valence electrons. The van der Waals surface area contributed by atoms with Gasteiger partial charge in [0.1, 0.15) is 18.1 Å². The number of hydrogen-bond donors (Lipinski definition) is 0. The summed E-state index contributed by atoms with van der Waals surface area (Å²) in [6, 6.07) is 30.6. The Kier molecular flexibility index (Phi) is 8.00. The number of rotatable bonds is 6. The highest BCUT2D eigenvalue weighted by Gasteiger charge is 2.32. The molecule has 0 fully saturated rings. The molecule has 1 aliphatic carbocycles. The molecule has 8 heteroatoms. The Morgan fingerprint density at radius 3 is 2.51 bits per heavy atom. The van der Waals surface area contributed by atoms with E-state index in [0.717, 1.165) is 59.4 Å². The van der Waals surface area contributed by atoms with Crippen molar-refractivity contribution in [1.82, 2.24) is 4.57 Å². The van der Waals surface area contributed by atoms with Gasteiger partial charge < -0.3 is 9.47 Å². The zero-order valence-corrected chi connectivity index (χ0v) is 28.4. The predicted molar refractivity (Wildman–Crippen MR) is 188 cm³/mol. The lowest BCUT2D eigenvalue weighted by Gasteiger charge is -2.31. The molecule has 1 atom stereocenters. The first kappa shape index (κ1) is 28.5. The van der Waals surface area contributed by atoms with E-state index in [1.54, 1.807) is 7.11 Å². The summed E-state index contributed by atoms with van der Waals surface area (Å²) in [6.45, 7) is 0.503. The standard InChI is InChI=1S/C35H26I2N2O3S/c1-41-25-12-7-11-24(19-25)32-27-15-14-23-10-5-6-13-26(23)31(27)38-35-39(32)34(40)30(43-35)18-22-16-28(36)33(29(37)17-22)42-20-21-8-3-2-4-9-21/h2-13,16-19,32H,14-15,20H2,1H3/b30-18+/t32-/m1/s1. The summed E-state index contributed by atoms with van der Waals surface area (Å²) < 4.78 is 16.3. The van der Waals surface area contributed by atoms with Crippen LogP contribution in [0, 0.1) is 7.14 Å². The lowest BCUT2D eigenvalue weighted by Crippen LogP contribution is -2.38. The van der Waals surface area contributed by atoms with Gasteiger partial charge in [0.25, 0.3) is 5.56 Å². The Labute approximate surface area is 280 Å². The van der Waals surface area contributed by atoms with E-state index in [-0.39, 0.29) is 11.6 Å². The Morgan fingerprint density at radius 2 is 1.72 bits per heavy atom. The van der Waals surface area contributed by atoms with E-state index in [2.05, 4.69) is 99.8 Å². The lowest BCUT2D eigenvalue weighted by molar-refractivity contribution is 0.301. The molecule has 7 rings (SSSR count). The molecule has 0 spiro atoms. The number of thiazole rings is 1. The van der Waals surface area contributed by atoms with Crippen LogP contribution in [0.3, 0.4) is 0 Å². The summed E-state index contributed by atoms with van der Waals surface area (Å²) in [5.41, 5.74) is 7.70. The molecule has 0 N–H and O–H groups in total. The van der Waals surface area contributed by atoms with E-state index < -0.39 is 0 Å². The van der Waals surface area contributed by atoms with Crippen LogP contribution in [0.15, 0.2) is 106 Å². The second-order valence-corrected chi connectivity index (χ2v) is 13.8. The summed E-state index contributed by atoms with van der Waals surface area (Å²) in [5, 5.41) is 0. The summed E-state index contributed by atoms with van der Waals surface area (Å²) >= 11 is 6.08. The van der Waals surface area contributed by atoms with Gasteiger partial charge in [-0.1, -0.05) is 78.1 Å². The van der Waals surface area contributed by atoms with Crippen molar-refractivity contribution in [2.75, 3.05) is 7.11 Å². The highest BCUT2D eigenvalue weighted by atomic mass is 127. The lowest BCUT2D eigenvalue weighted by atomic mass is 9.83. The van der Waals surface area contributed by atoms with Crippen molar-refractivity contribution in [3.63, 3.8) is 0 Å². The van der Waals surface area contributed by atoms with Crippen LogP contribution in [-0.4, -0.2) is 11.7 Å². The first-order valence-electron chi connectivity index (χ1n) is 13.9. The monoisotopic (exact) mass is 808 g/mol. The van der Waals surface area contributed by atoms with Gasteiger partial charge in [-0.2, -0.15) is 0 Å². The number of allylic oxidation sites excluding steroid dienone is 1. The number of halogens is 2. The minimum Gasteiger partial charge on any atom is -0.497 e. The van der Waals surface area contributed by atoms with Crippen LogP contribution in [0.5, 0.6) is 11.5 Å². The minimum atomic E-state index is -0.245. The van der Waals surface area contributed by atoms with Crippen LogP contribution in [0.2, 0.25) is 0 Å². The molecule has 0 saturated heterocycles. The number of nitrogens with zero attached hydrogens (tertiary/aromatic N) is 2. The Hall–Kier alpha value is -3.22. The van der Waals surface area contributed by atoms with E-state index in [4.69, 9.17) is 14.5 Å². The van der Waals surface area contributed by atoms with Crippen molar-refractivity contribution in [3.05, 3.63) is 151 Å². The van der Waals surface area contributed by atoms with Gasteiger partial charge in [-0.3, -0.25) is 9.36 Å². The second kappa shape index (κ2) is 12.0. The average molecular weight is 808 g/mol. The maximum Gasteiger partial charge on any atom is 0.271 e. The molecule has 5 nitrogen and oxygen atoms in total.